The predicted molar refractivity (Wildman–Crippen MR) is 45.2 cm³/mol. The summed E-state index contributed by atoms with van der Waals surface area (Å²) in [6.45, 7) is 0. The van der Waals surface area contributed by atoms with E-state index in [1.807, 2.05) is 0 Å². The van der Waals surface area contributed by atoms with Crippen LogP contribution in [0, 0.1) is 0 Å². The van der Waals surface area contributed by atoms with Gasteiger partial charge in [-0.15, -0.1) is 0 Å². The second-order valence-corrected chi connectivity index (χ2v) is 3.25. The highest BCUT2D eigenvalue weighted by Crippen LogP contribution is 2.41. The normalized spacial score (nSPS) is 11.7. The molecule has 0 bridgehead atoms. The van der Waals surface area contributed by atoms with Crippen LogP contribution >= 0.6 is 15.9 Å². The van der Waals surface area contributed by atoms with Gasteiger partial charge in [-0.25, -0.2) is 0 Å². The van der Waals surface area contributed by atoms with Crippen LogP contribution in [0.25, 0.3) is 0 Å². The first kappa shape index (κ1) is 10.2. The SMILES string of the molecule is Nc1cc(O)c(C(F)(F)F)c(Br)c1. The van der Waals surface area contributed by atoms with Crippen molar-refractivity contribution in [3.05, 3.63) is 22.2 Å². The maximum atomic E-state index is 12.2. The standard InChI is InChI=1S/C7H5BrF3NO/c8-4-1-3(12)2-5(13)6(4)7(9,10)11/h1-2,13H,12H2. The zero-order valence-electron chi connectivity index (χ0n) is 6.19. The summed E-state index contributed by atoms with van der Waals surface area (Å²) in [5, 5.41) is 8.98. The number of anilines is 1. The van der Waals surface area contributed by atoms with Gasteiger partial charge in [-0.1, -0.05) is 0 Å². The first-order chi connectivity index (χ1) is 5.82. The molecule has 6 heteroatoms. The molecule has 0 atom stereocenters. The van der Waals surface area contributed by atoms with Gasteiger partial charge < -0.3 is 10.8 Å². The van der Waals surface area contributed by atoms with E-state index in [4.69, 9.17) is 10.8 Å². The van der Waals surface area contributed by atoms with E-state index in [9.17, 15) is 13.2 Å². The number of halogens is 4. The molecule has 72 valence electrons. The molecule has 0 saturated heterocycles. The van der Waals surface area contributed by atoms with Crippen molar-refractivity contribution in [3.63, 3.8) is 0 Å². The van der Waals surface area contributed by atoms with Gasteiger partial charge in [0.2, 0.25) is 0 Å². The highest BCUT2D eigenvalue weighted by Gasteiger charge is 2.36. The Hall–Kier alpha value is -0.910. The van der Waals surface area contributed by atoms with Gasteiger partial charge in [0.15, 0.2) is 0 Å². The Labute approximate surface area is 80.3 Å². The molecule has 1 rings (SSSR count). The fourth-order valence-corrected chi connectivity index (χ4v) is 1.59. The smallest absolute Gasteiger partial charge is 0.421 e. The molecule has 0 radical (unpaired) electrons. The number of nitrogen functional groups attached to an aromatic ring is 1. The molecule has 0 amide bonds. The number of alkyl halides is 3. The number of phenols is 1. The molecule has 3 N–H and O–H groups in total. The van der Waals surface area contributed by atoms with Gasteiger partial charge in [-0.2, -0.15) is 13.2 Å². The van der Waals surface area contributed by atoms with Crippen LogP contribution in [0.3, 0.4) is 0 Å². The fourth-order valence-electron chi connectivity index (χ4n) is 0.893. The summed E-state index contributed by atoms with van der Waals surface area (Å²) in [6, 6.07) is 1.94. The summed E-state index contributed by atoms with van der Waals surface area (Å²) in [5.41, 5.74) is 4.17. The number of phenolic OH excluding ortho intramolecular Hbond substituents is 1. The minimum Gasteiger partial charge on any atom is -0.507 e. The first-order valence-corrected chi connectivity index (χ1v) is 3.97. The summed E-state index contributed by atoms with van der Waals surface area (Å²) in [5.74, 6) is -0.876. The molecule has 0 aliphatic carbocycles. The number of benzene rings is 1. The number of aromatic hydroxyl groups is 1. The molecule has 0 heterocycles. The Morgan fingerprint density at radius 1 is 1.31 bits per heavy atom. The Balaban J connectivity index is 3.38. The average molecular weight is 256 g/mol. The molecule has 0 saturated carbocycles. The lowest BCUT2D eigenvalue weighted by Gasteiger charge is -2.11. The van der Waals surface area contributed by atoms with Crippen LogP contribution in [0.1, 0.15) is 5.56 Å². The number of rotatable bonds is 0. The van der Waals surface area contributed by atoms with Gasteiger partial charge in [0.05, 0.1) is 0 Å². The van der Waals surface area contributed by atoms with Crippen molar-refractivity contribution in [3.8, 4) is 5.75 Å². The molecule has 2 nitrogen and oxygen atoms in total. The van der Waals surface area contributed by atoms with Crippen molar-refractivity contribution in [2.75, 3.05) is 5.73 Å². The Bertz CT molecular complexity index is 314. The third-order valence-corrected chi connectivity index (χ3v) is 2.00. The molecule has 0 aliphatic heterocycles. The van der Waals surface area contributed by atoms with Gasteiger partial charge in [0, 0.05) is 16.2 Å². The zero-order chi connectivity index (χ0) is 10.2. The van der Waals surface area contributed by atoms with Gasteiger partial charge in [0.1, 0.15) is 11.3 Å². The molecular formula is C7H5BrF3NO. The minimum atomic E-state index is -4.59. The molecule has 1 aromatic rings. The largest absolute Gasteiger partial charge is 0.507 e. The highest BCUT2D eigenvalue weighted by atomic mass is 79.9. The first-order valence-electron chi connectivity index (χ1n) is 3.17. The third-order valence-electron chi connectivity index (χ3n) is 1.38. The van der Waals surface area contributed by atoms with Gasteiger partial charge in [0.25, 0.3) is 0 Å². The van der Waals surface area contributed by atoms with Gasteiger partial charge in [-0.3, -0.25) is 0 Å². The molecule has 0 fully saturated rings. The van der Waals surface area contributed by atoms with Crippen LogP contribution in [-0.4, -0.2) is 5.11 Å². The Kier molecular flexibility index (Phi) is 2.42. The summed E-state index contributed by atoms with van der Waals surface area (Å²) < 4.78 is 36.4. The zero-order valence-corrected chi connectivity index (χ0v) is 7.78. The molecule has 0 spiro atoms. The van der Waals surface area contributed by atoms with Crippen LogP contribution in [0.15, 0.2) is 16.6 Å². The lowest BCUT2D eigenvalue weighted by atomic mass is 10.2. The third kappa shape index (κ3) is 2.06. The molecular weight excluding hydrogens is 251 g/mol. The number of nitrogens with two attached hydrogens (primary N) is 1. The average Bonchev–Trinajstić information content (AvgIpc) is 1.78. The predicted octanol–water partition coefficient (Wildman–Crippen LogP) is 2.76. The summed E-state index contributed by atoms with van der Waals surface area (Å²) >= 11 is 2.67. The van der Waals surface area contributed by atoms with E-state index < -0.39 is 17.5 Å². The second kappa shape index (κ2) is 3.10. The molecule has 0 aliphatic rings. The lowest BCUT2D eigenvalue weighted by Crippen LogP contribution is -2.06. The van der Waals surface area contributed by atoms with Gasteiger partial charge in [-0.05, 0) is 22.0 Å². The highest BCUT2D eigenvalue weighted by molar-refractivity contribution is 9.10. The van der Waals surface area contributed by atoms with Crippen LogP contribution < -0.4 is 5.73 Å². The van der Waals surface area contributed by atoms with Crippen LogP contribution in [-0.2, 0) is 6.18 Å². The fraction of sp³-hybridized carbons (Fsp3) is 0.143. The van der Waals surface area contributed by atoms with Crippen molar-refractivity contribution in [1.82, 2.24) is 0 Å². The second-order valence-electron chi connectivity index (χ2n) is 2.39. The lowest BCUT2D eigenvalue weighted by molar-refractivity contribution is -0.139. The molecule has 0 unspecified atom stereocenters. The monoisotopic (exact) mass is 255 g/mol. The van der Waals surface area contributed by atoms with Crippen molar-refractivity contribution in [2.45, 2.75) is 6.18 Å². The van der Waals surface area contributed by atoms with E-state index in [-0.39, 0.29) is 10.2 Å². The van der Waals surface area contributed by atoms with Crippen molar-refractivity contribution in [2.24, 2.45) is 0 Å². The van der Waals surface area contributed by atoms with E-state index in [0.717, 1.165) is 12.1 Å². The van der Waals surface area contributed by atoms with E-state index in [1.54, 1.807) is 0 Å². The molecule has 13 heavy (non-hydrogen) atoms. The Morgan fingerprint density at radius 2 is 1.85 bits per heavy atom. The van der Waals surface area contributed by atoms with Crippen LogP contribution in [0.5, 0.6) is 5.75 Å². The minimum absolute atomic E-state index is 0.0670. The van der Waals surface area contributed by atoms with E-state index >= 15 is 0 Å². The van der Waals surface area contributed by atoms with Crippen LogP contribution in [0.4, 0.5) is 18.9 Å². The van der Waals surface area contributed by atoms with E-state index in [1.165, 1.54) is 0 Å². The van der Waals surface area contributed by atoms with Gasteiger partial charge >= 0.3 is 6.18 Å². The molecule has 0 aromatic heterocycles. The van der Waals surface area contributed by atoms with Crippen LogP contribution in [0.2, 0.25) is 0 Å². The van der Waals surface area contributed by atoms with Crippen molar-refractivity contribution in [1.29, 1.82) is 0 Å². The maximum absolute atomic E-state index is 12.2. The number of hydrogen-bond acceptors (Lipinski definition) is 2. The topological polar surface area (TPSA) is 46.2 Å². The Morgan fingerprint density at radius 3 is 2.23 bits per heavy atom. The molecule has 1 aromatic carbocycles. The number of hydrogen-bond donors (Lipinski definition) is 2. The quantitative estimate of drug-likeness (QED) is 0.701. The summed E-state index contributed by atoms with van der Waals surface area (Å²) in [7, 11) is 0. The van der Waals surface area contributed by atoms with E-state index in [0.29, 0.717) is 0 Å². The summed E-state index contributed by atoms with van der Waals surface area (Å²) in [6.07, 6.45) is -4.59. The van der Waals surface area contributed by atoms with Crippen molar-refractivity contribution < 1.29 is 18.3 Å². The van der Waals surface area contributed by atoms with E-state index in [2.05, 4.69) is 15.9 Å². The maximum Gasteiger partial charge on any atom is 0.421 e. The summed E-state index contributed by atoms with van der Waals surface area (Å²) in [4.78, 5) is 0. The van der Waals surface area contributed by atoms with Crippen molar-refractivity contribution >= 4 is 21.6 Å².